The molecule has 22 heavy (non-hydrogen) atoms. The van der Waals surface area contributed by atoms with Gasteiger partial charge in [-0.3, -0.25) is 4.79 Å². The number of nitrogens with zero attached hydrogens (tertiary/aromatic N) is 1. The third-order valence-corrected chi connectivity index (χ3v) is 5.12. The van der Waals surface area contributed by atoms with E-state index >= 15 is 0 Å². The molecule has 0 aliphatic heterocycles. The summed E-state index contributed by atoms with van der Waals surface area (Å²) in [5.41, 5.74) is 2.17. The molecule has 1 aromatic carbocycles. The Morgan fingerprint density at radius 3 is 2.73 bits per heavy atom. The zero-order valence-corrected chi connectivity index (χ0v) is 14.7. The largest absolute Gasteiger partial charge is 0.301 e. The first-order chi connectivity index (χ1) is 10.6. The summed E-state index contributed by atoms with van der Waals surface area (Å²) < 4.78 is 0. The Bertz CT molecular complexity index is 626. The Kier molecular flexibility index (Phi) is 7.06. The van der Waals surface area contributed by atoms with Gasteiger partial charge in [-0.2, -0.15) is 11.8 Å². The summed E-state index contributed by atoms with van der Waals surface area (Å²) in [6, 6.07) is 12.1. The van der Waals surface area contributed by atoms with Crippen molar-refractivity contribution < 1.29 is 0 Å². The van der Waals surface area contributed by atoms with Crippen LogP contribution in [0.5, 0.6) is 0 Å². The Labute approximate surface area is 140 Å². The first-order valence-corrected chi connectivity index (χ1v) is 9.55. The average molecular weight is 335 g/mol. The number of hydrogen-bond acceptors (Lipinski definition) is 4. The SMILES string of the molecule is CC(C)SCc1cc(=O)[nH]c(SCCCc2ccccc2)n1. The van der Waals surface area contributed by atoms with E-state index in [4.69, 9.17) is 0 Å². The molecule has 0 unspecified atom stereocenters. The third kappa shape index (κ3) is 6.28. The fourth-order valence-electron chi connectivity index (χ4n) is 1.97. The van der Waals surface area contributed by atoms with Crippen LogP contribution in [-0.2, 0) is 12.2 Å². The fraction of sp³-hybridized carbons (Fsp3) is 0.412. The topological polar surface area (TPSA) is 45.8 Å². The van der Waals surface area contributed by atoms with Gasteiger partial charge in [0.05, 0.1) is 5.69 Å². The summed E-state index contributed by atoms with van der Waals surface area (Å²) in [7, 11) is 0. The normalized spacial score (nSPS) is 11.0. The van der Waals surface area contributed by atoms with E-state index in [2.05, 4.69) is 48.1 Å². The number of benzene rings is 1. The summed E-state index contributed by atoms with van der Waals surface area (Å²) >= 11 is 3.43. The number of H-pyrrole nitrogens is 1. The summed E-state index contributed by atoms with van der Waals surface area (Å²) in [5.74, 6) is 1.75. The lowest BCUT2D eigenvalue weighted by molar-refractivity contribution is 0.886. The van der Waals surface area contributed by atoms with E-state index in [9.17, 15) is 4.79 Å². The highest BCUT2D eigenvalue weighted by Crippen LogP contribution is 2.18. The summed E-state index contributed by atoms with van der Waals surface area (Å²) in [5, 5.41) is 1.28. The molecule has 0 aliphatic carbocycles. The second-order valence-corrected chi connectivity index (χ2v) is 7.99. The van der Waals surface area contributed by atoms with Gasteiger partial charge in [0.2, 0.25) is 0 Å². The molecule has 1 heterocycles. The number of nitrogens with one attached hydrogen (secondary N) is 1. The van der Waals surface area contributed by atoms with Gasteiger partial charge in [0.25, 0.3) is 5.56 Å². The lowest BCUT2D eigenvalue weighted by atomic mass is 10.1. The first-order valence-electron chi connectivity index (χ1n) is 7.52. The monoisotopic (exact) mass is 334 g/mol. The van der Waals surface area contributed by atoms with Gasteiger partial charge in [-0.1, -0.05) is 55.9 Å². The number of aromatic amines is 1. The van der Waals surface area contributed by atoms with Gasteiger partial charge in [-0.25, -0.2) is 4.98 Å². The van der Waals surface area contributed by atoms with Gasteiger partial charge in [0, 0.05) is 17.6 Å². The summed E-state index contributed by atoms with van der Waals surface area (Å²) in [6.45, 7) is 4.30. The molecule has 0 saturated carbocycles. The van der Waals surface area contributed by atoms with Crippen LogP contribution in [0.25, 0.3) is 0 Å². The molecule has 0 fully saturated rings. The standard InChI is InChI=1S/C17H22N2OS2/c1-13(2)22-12-15-11-16(20)19-17(18-15)21-10-6-9-14-7-4-3-5-8-14/h3-5,7-8,11,13H,6,9-10,12H2,1-2H3,(H,18,19,20). The van der Waals surface area contributed by atoms with Gasteiger partial charge >= 0.3 is 0 Å². The highest BCUT2D eigenvalue weighted by molar-refractivity contribution is 7.99. The van der Waals surface area contributed by atoms with Crippen LogP contribution < -0.4 is 5.56 Å². The van der Waals surface area contributed by atoms with Crippen LogP contribution in [0, 0.1) is 0 Å². The molecule has 0 amide bonds. The fourth-order valence-corrected chi connectivity index (χ4v) is 3.46. The molecule has 0 radical (unpaired) electrons. The molecule has 0 aliphatic rings. The molecule has 118 valence electrons. The zero-order valence-electron chi connectivity index (χ0n) is 13.0. The molecule has 0 spiro atoms. The molecular formula is C17H22N2OS2. The van der Waals surface area contributed by atoms with Crippen molar-refractivity contribution in [2.45, 2.75) is 42.8 Å². The number of hydrogen-bond donors (Lipinski definition) is 1. The molecule has 2 aromatic rings. The van der Waals surface area contributed by atoms with Crippen LogP contribution in [0.4, 0.5) is 0 Å². The summed E-state index contributed by atoms with van der Waals surface area (Å²) in [4.78, 5) is 19.0. The number of aromatic nitrogens is 2. The first kappa shape index (κ1) is 17.2. The maximum Gasteiger partial charge on any atom is 0.251 e. The zero-order chi connectivity index (χ0) is 15.8. The van der Waals surface area contributed by atoms with E-state index in [0.717, 1.165) is 35.2 Å². The van der Waals surface area contributed by atoms with Gasteiger partial charge < -0.3 is 4.98 Å². The van der Waals surface area contributed by atoms with Crippen LogP contribution >= 0.6 is 23.5 Å². The van der Waals surface area contributed by atoms with Crippen LogP contribution in [0.3, 0.4) is 0 Å². The maximum absolute atomic E-state index is 11.7. The van der Waals surface area contributed by atoms with Gasteiger partial charge in [0.1, 0.15) is 0 Å². The van der Waals surface area contributed by atoms with Crippen molar-refractivity contribution in [1.29, 1.82) is 0 Å². The molecule has 1 aromatic heterocycles. The van der Waals surface area contributed by atoms with Crippen LogP contribution in [0.15, 0.2) is 46.3 Å². The molecule has 5 heteroatoms. The van der Waals surface area contributed by atoms with Crippen LogP contribution in [0.1, 0.15) is 31.5 Å². The molecular weight excluding hydrogens is 312 g/mol. The van der Waals surface area contributed by atoms with Crippen LogP contribution in [0.2, 0.25) is 0 Å². The molecule has 0 atom stereocenters. The smallest absolute Gasteiger partial charge is 0.251 e. The van der Waals surface area contributed by atoms with Crippen molar-refractivity contribution in [1.82, 2.24) is 9.97 Å². The number of rotatable bonds is 8. The van der Waals surface area contributed by atoms with Crippen molar-refractivity contribution in [2.24, 2.45) is 0 Å². The predicted octanol–water partition coefficient (Wildman–Crippen LogP) is 4.14. The minimum Gasteiger partial charge on any atom is -0.301 e. The minimum absolute atomic E-state index is 0.0556. The molecule has 0 bridgehead atoms. The predicted molar refractivity (Wildman–Crippen MR) is 96.8 cm³/mol. The highest BCUT2D eigenvalue weighted by Gasteiger charge is 2.04. The Hall–Kier alpha value is -1.20. The van der Waals surface area contributed by atoms with Gasteiger partial charge in [-0.15, -0.1) is 0 Å². The Morgan fingerprint density at radius 1 is 1.23 bits per heavy atom. The van der Waals surface area contributed by atoms with Crippen molar-refractivity contribution in [3.63, 3.8) is 0 Å². The van der Waals surface area contributed by atoms with E-state index in [1.54, 1.807) is 29.6 Å². The number of aryl methyl sites for hydroxylation is 1. The molecule has 1 N–H and O–H groups in total. The molecule has 3 nitrogen and oxygen atoms in total. The van der Waals surface area contributed by atoms with E-state index in [1.165, 1.54) is 5.56 Å². The molecule has 0 saturated heterocycles. The Balaban J connectivity index is 1.83. The van der Waals surface area contributed by atoms with Crippen molar-refractivity contribution in [3.05, 3.63) is 58.0 Å². The molecule has 2 rings (SSSR count). The Morgan fingerprint density at radius 2 is 2.00 bits per heavy atom. The maximum atomic E-state index is 11.7. The van der Waals surface area contributed by atoms with E-state index in [0.29, 0.717) is 5.25 Å². The lowest BCUT2D eigenvalue weighted by Gasteiger charge is -2.06. The average Bonchev–Trinajstić information content (AvgIpc) is 2.50. The van der Waals surface area contributed by atoms with Crippen molar-refractivity contribution >= 4 is 23.5 Å². The highest BCUT2D eigenvalue weighted by atomic mass is 32.2. The van der Waals surface area contributed by atoms with E-state index in [1.807, 2.05) is 6.07 Å². The van der Waals surface area contributed by atoms with Crippen molar-refractivity contribution in [3.8, 4) is 0 Å². The quantitative estimate of drug-likeness (QED) is 0.448. The van der Waals surface area contributed by atoms with E-state index < -0.39 is 0 Å². The lowest BCUT2D eigenvalue weighted by Crippen LogP contribution is -2.10. The minimum atomic E-state index is -0.0556. The van der Waals surface area contributed by atoms with E-state index in [-0.39, 0.29) is 5.56 Å². The van der Waals surface area contributed by atoms with Gasteiger partial charge in [0.15, 0.2) is 5.16 Å². The third-order valence-electron chi connectivity index (χ3n) is 3.03. The van der Waals surface area contributed by atoms with Gasteiger partial charge in [-0.05, 0) is 23.7 Å². The van der Waals surface area contributed by atoms with Crippen molar-refractivity contribution in [2.75, 3.05) is 5.75 Å². The second kappa shape index (κ2) is 9.06. The number of thioether (sulfide) groups is 2. The second-order valence-electron chi connectivity index (χ2n) is 5.34. The summed E-state index contributed by atoms with van der Waals surface area (Å²) in [6.07, 6.45) is 2.13. The van der Waals surface area contributed by atoms with Crippen LogP contribution in [-0.4, -0.2) is 21.0 Å².